The molecule has 1 amide bonds. The second kappa shape index (κ2) is 5.73. The van der Waals surface area contributed by atoms with Crippen LogP contribution in [0, 0.1) is 5.92 Å². The molecule has 0 aromatic heterocycles. The molecule has 0 bridgehead atoms. The Bertz CT molecular complexity index is 488. The number of benzene rings is 1. The Kier molecular flexibility index (Phi) is 4.20. The van der Waals surface area contributed by atoms with Gasteiger partial charge in [0.2, 0.25) is 5.91 Å². The number of nitrogens with one attached hydrogen (secondary N) is 2. The predicted molar refractivity (Wildman–Crippen MR) is 70.4 cm³/mol. The summed E-state index contributed by atoms with van der Waals surface area (Å²) in [6, 6.07) is 7.54. The van der Waals surface area contributed by atoms with E-state index >= 15 is 0 Å². The Balaban J connectivity index is 1.94. The van der Waals surface area contributed by atoms with Crippen LogP contribution in [0.15, 0.2) is 24.3 Å². The molecular formula is C14H17F3N2O. The molecule has 0 saturated carbocycles. The molecule has 0 aliphatic carbocycles. The lowest BCUT2D eigenvalue weighted by molar-refractivity contribution is -0.136. The summed E-state index contributed by atoms with van der Waals surface area (Å²) in [5.41, 5.74) is 2.00. The SMILES string of the molecule is CC1Nc2ccccc2CC1C(=O)NCCC(F)(F)F. The summed E-state index contributed by atoms with van der Waals surface area (Å²) in [5.74, 6) is -0.679. The molecule has 20 heavy (non-hydrogen) atoms. The molecule has 2 rings (SSSR count). The van der Waals surface area contributed by atoms with Crippen molar-refractivity contribution in [2.45, 2.75) is 32.0 Å². The van der Waals surface area contributed by atoms with Gasteiger partial charge in [0.05, 0.1) is 12.3 Å². The van der Waals surface area contributed by atoms with Crippen molar-refractivity contribution in [3.8, 4) is 0 Å². The minimum atomic E-state index is -4.24. The summed E-state index contributed by atoms with van der Waals surface area (Å²) in [4.78, 5) is 12.0. The second-order valence-corrected chi connectivity index (χ2v) is 5.06. The molecule has 110 valence electrons. The fourth-order valence-electron chi connectivity index (χ4n) is 2.38. The first-order chi connectivity index (χ1) is 9.37. The molecule has 2 atom stereocenters. The van der Waals surface area contributed by atoms with Crippen molar-refractivity contribution in [1.82, 2.24) is 5.32 Å². The smallest absolute Gasteiger partial charge is 0.382 e. The van der Waals surface area contributed by atoms with Gasteiger partial charge in [-0.15, -0.1) is 0 Å². The third-order valence-corrected chi connectivity index (χ3v) is 3.49. The van der Waals surface area contributed by atoms with E-state index in [1.807, 2.05) is 31.2 Å². The summed E-state index contributed by atoms with van der Waals surface area (Å²) in [5, 5.41) is 5.59. The Morgan fingerprint density at radius 1 is 1.40 bits per heavy atom. The summed E-state index contributed by atoms with van der Waals surface area (Å²) in [6.45, 7) is 1.50. The summed E-state index contributed by atoms with van der Waals surface area (Å²) in [7, 11) is 0. The van der Waals surface area contributed by atoms with E-state index in [4.69, 9.17) is 0 Å². The van der Waals surface area contributed by atoms with E-state index in [2.05, 4.69) is 10.6 Å². The zero-order chi connectivity index (χ0) is 14.8. The zero-order valence-electron chi connectivity index (χ0n) is 11.1. The number of halogens is 3. The first-order valence-corrected chi connectivity index (χ1v) is 6.56. The first kappa shape index (κ1) is 14.7. The average molecular weight is 286 g/mol. The van der Waals surface area contributed by atoms with Crippen LogP contribution >= 0.6 is 0 Å². The van der Waals surface area contributed by atoms with Crippen LogP contribution in [0.4, 0.5) is 18.9 Å². The highest BCUT2D eigenvalue weighted by molar-refractivity contribution is 5.81. The Morgan fingerprint density at radius 3 is 2.80 bits per heavy atom. The zero-order valence-corrected chi connectivity index (χ0v) is 11.1. The fraction of sp³-hybridized carbons (Fsp3) is 0.500. The van der Waals surface area contributed by atoms with Gasteiger partial charge in [-0.3, -0.25) is 4.79 Å². The number of anilines is 1. The molecule has 1 aromatic carbocycles. The number of amides is 1. The molecule has 1 aliphatic rings. The molecule has 2 unspecified atom stereocenters. The van der Waals surface area contributed by atoms with Gasteiger partial charge in [0.15, 0.2) is 0 Å². The van der Waals surface area contributed by atoms with Gasteiger partial charge in [0.25, 0.3) is 0 Å². The maximum absolute atomic E-state index is 12.1. The van der Waals surface area contributed by atoms with E-state index in [9.17, 15) is 18.0 Å². The molecule has 1 aliphatic heterocycles. The lowest BCUT2D eigenvalue weighted by Gasteiger charge is -2.31. The Labute approximate surface area is 115 Å². The number of rotatable bonds is 3. The third kappa shape index (κ3) is 3.65. The van der Waals surface area contributed by atoms with Crippen LogP contribution < -0.4 is 10.6 Å². The number of carbonyl (C=O) groups excluding carboxylic acids is 1. The van der Waals surface area contributed by atoms with E-state index < -0.39 is 12.6 Å². The largest absolute Gasteiger partial charge is 0.390 e. The molecule has 1 heterocycles. The molecule has 0 saturated heterocycles. The van der Waals surface area contributed by atoms with Crippen molar-refractivity contribution in [2.24, 2.45) is 5.92 Å². The fourth-order valence-corrected chi connectivity index (χ4v) is 2.38. The van der Waals surface area contributed by atoms with Gasteiger partial charge in [-0.05, 0) is 25.0 Å². The predicted octanol–water partition coefficient (Wildman–Crippen LogP) is 2.73. The van der Waals surface area contributed by atoms with Crippen LogP contribution in [0.25, 0.3) is 0 Å². The number of hydrogen-bond donors (Lipinski definition) is 2. The lowest BCUT2D eigenvalue weighted by atomic mass is 9.87. The van der Waals surface area contributed by atoms with Gasteiger partial charge >= 0.3 is 6.18 Å². The van der Waals surface area contributed by atoms with E-state index in [0.29, 0.717) is 6.42 Å². The number of para-hydroxylation sites is 1. The van der Waals surface area contributed by atoms with Crippen molar-refractivity contribution in [3.05, 3.63) is 29.8 Å². The number of fused-ring (bicyclic) bond motifs is 1. The van der Waals surface area contributed by atoms with E-state index in [0.717, 1.165) is 11.3 Å². The van der Waals surface area contributed by atoms with Gasteiger partial charge in [0, 0.05) is 18.3 Å². The molecule has 0 spiro atoms. The van der Waals surface area contributed by atoms with Crippen LogP contribution in [0.1, 0.15) is 18.9 Å². The van der Waals surface area contributed by atoms with Gasteiger partial charge in [-0.2, -0.15) is 13.2 Å². The summed E-state index contributed by atoms with van der Waals surface area (Å²) in [6.07, 6.45) is -4.69. The maximum Gasteiger partial charge on any atom is 0.390 e. The quantitative estimate of drug-likeness (QED) is 0.897. The standard InChI is InChI=1S/C14H17F3N2O/c1-9-11(13(20)18-7-6-14(15,16)17)8-10-4-2-3-5-12(10)19-9/h2-5,9,11,19H,6-8H2,1H3,(H,18,20). The van der Waals surface area contributed by atoms with Crippen LogP contribution in [0.3, 0.4) is 0 Å². The minimum Gasteiger partial charge on any atom is -0.382 e. The van der Waals surface area contributed by atoms with Crippen LogP contribution in [0.2, 0.25) is 0 Å². The van der Waals surface area contributed by atoms with E-state index in [-0.39, 0.29) is 24.4 Å². The molecule has 1 aromatic rings. The van der Waals surface area contributed by atoms with Gasteiger partial charge in [-0.25, -0.2) is 0 Å². The normalized spacial score (nSPS) is 21.8. The first-order valence-electron chi connectivity index (χ1n) is 6.56. The molecule has 6 heteroatoms. The van der Waals surface area contributed by atoms with Crippen LogP contribution in [-0.2, 0) is 11.2 Å². The number of alkyl halides is 3. The minimum absolute atomic E-state index is 0.101. The number of carbonyl (C=O) groups is 1. The average Bonchev–Trinajstić information content (AvgIpc) is 2.36. The Hall–Kier alpha value is -1.72. The molecule has 0 radical (unpaired) electrons. The molecule has 2 N–H and O–H groups in total. The van der Waals surface area contributed by atoms with Gasteiger partial charge in [0.1, 0.15) is 0 Å². The van der Waals surface area contributed by atoms with Crippen molar-refractivity contribution < 1.29 is 18.0 Å². The van der Waals surface area contributed by atoms with E-state index in [1.54, 1.807) is 0 Å². The van der Waals surface area contributed by atoms with Crippen molar-refractivity contribution in [3.63, 3.8) is 0 Å². The second-order valence-electron chi connectivity index (χ2n) is 5.06. The third-order valence-electron chi connectivity index (χ3n) is 3.49. The maximum atomic E-state index is 12.1. The summed E-state index contributed by atoms with van der Waals surface area (Å²) < 4.78 is 36.2. The lowest BCUT2D eigenvalue weighted by Crippen LogP contribution is -2.44. The van der Waals surface area contributed by atoms with Crippen LogP contribution in [-0.4, -0.2) is 24.7 Å². The van der Waals surface area contributed by atoms with Crippen molar-refractivity contribution in [2.75, 3.05) is 11.9 Å². The van der Waals surface area contributed by atoms with Gasteiger partial charge < -0.3 is 10.6 Å². The molecular weight excluding hydrogens is 269 g/mol. The topological polar surface area (TPSA) is 41.1 Å². The van der Waals surface area contributed by atoms with Crippen molar-refractivity contribution >= 4 is 11.6 Å². The highest BCUT2D eigenvalue weighted by Gasteiger charge is 2.31. The number of hydrogen-bond acceptors (Lipinski definition) is 2. The molecule has 0 fully saturated rings. The monoisotopic (exact) mass is 286 g/mol. The van der Waals surface area contributed by atoms with E-state index in [1.165, 1.54) is 0 Å². The summed E-state index contributed by atoms with van der Waals surface area (Å²) >= 11 is 0. The molecule has 3 nitrogen and oxygen atoms in total. The highest BCUT2D eigenvalue weighted by Crippen LogP contribution is 2.28. The Morgan fingerprint density at radius 2 is 2.10 bits per heavy atom. The van der Waals surface area contributed by atoms with Gasteiger partial charge in [-0.1, -0.05) is 18.2 Å². The van der Waals surface area contributed by atoms with Crippen molar-refractivity contribution in [1.29, 1.82) is 0 Å². The highest BCUT2D eigenvalue weighted by atomic mass is 19.4. The van der Waals surface area contributed by atoms with Crippen LogP contribution in [0.5, 0.6) is 0 Å².